The molecular formula is C9H18ClNO2. The van der Waals surface area contributed by atoms with Crippen molar-refractivity contribution in [3.8, 4) is 0 Å². The van der Waals surface area contributed by atoms with Crippen molar-refractivity contribution in [2.24, 2.45) is 11.7 Å². The number of hydrogen-bond acceptors (Lipinski definition) is 2. The minimum atomic E-state index is -0.741. The van der Waals surface area contributed by atoms with E-state index in [1.807, 2.05) is 0 Å². The lowest BCUT2D eigenvalue weighted by Crippen LogP contribution is -2.24. The van der Waals surface area contributed by atoms with Gasteiger partial charge in [-0.25, -0.2) is 4.79 Å². The number of ether oxygens (including phenoxy) is 1. The number of halogens is 1. The van der Waals surface area contributed by atoms with Crippen molar-refractivity contribution in [2.45, 2.75) is 39.2 Å². The molecule has 0 aliphatic rings. The molecule has 3 nitrogen and oxygen atoms in total. The highest BCUT2D eigenvalue weighted by atomic mass is 35.5. The van der Waals surface area contributed by atoms with Crippen molar-refractivity contribution >= 4 is 17.7 Å². The topological polar surface area (TPSA) is 52.3 Å². The number of carbonyl (C=O) groups excluding carboxylic acids is 1. The Kier molecular flexibility index (Phi) is 6.77. The van der Waals surface area contributed by atoms with Crippen LogP contribution in [-0.2, 0) is 4.74 Å². The number of amides is 1. The van der Waals surface area contributed by atoms with Gasteiger partial charge >= 0.3 is 6.09 Å². The number of nitrogens with two attached hydrogens (primary N) is 1. The molecule has 2 N–H and O–H groups in total. The Balaban J connectivity index is 3.53. The summed E-state index contributed by atoms with van der Waals surface area (Å²) < 4.78 is 4.79. The van der Waals surface area contributed by atoms with E-state index in [0.717, 1.165) is 19.3 Å². The summed E-state index contributed by atoms with van der Waals surface area (Å²) in [6, 6.07) is 0. The molecule has 1 unspecified atom stereocenters. The van der Waals surface area contributed by atoms with Gasteiger partial charge in [0.15, 0.2) is 0 Å². The zero-order chi connectivity index (χ0) is 10.3. The average molecular weight is 208 g/mol. The summed E-state index contributed by atoms with van der Waals surface area (Å²) >= 11 is 5.59. The number of hydrogen-bond donors (Lipinski definition) is 1. The molecule has 0 saturated heterocycles. The Labute approximate surface area is 84.6 Å². The van der Waals surface area contributed by atoms with Gasteiger partial charge in [-0.3, -0.25) is 0 Å². The van der Waals surface area contributed by atoms with Crippen LogP contribution in [0.5, 0.6) is 0 Å². The predicted molar refractivity (Wildman–Crippen MR) is 53.9 cm³/mol. The molecule has 0 bridgehead atoms. The van der Waals surface area contributed by atoms with Gasteiger partial charge in [-0.2, -0.15) is 0 Å². The molecule has 0 heterocycles. The summed E-state index contributed by atoms with van der Waals surface area (Å²) in [5, 5.41) is 0. The van der Waals surface area contributed by atoms with Crippen LogP contribution in [0.25, 0.3) is 0 Å². The van der Waals surface area contributed by atoms with Crippen molar-refractivity contribution in [2.75, 3.05) is 5.88 Å². The van der Waals surface area contributed by atoms with Crippen LogP contribution in [0.4, 0.5) is 4.79 Å². The van der Waals surface area contributed by atoms with Crippen LogP contribution < -0.4 is 5.73 Å². The normalized spacial score (nSPS) is 12.9. The zero-order valence-electron chi connectivity index (χ0n) is 8.25. The highest BCUT2D eigenvalue weighted by Gasteiger charge is 2.10. The van der Waals surface area contributed by atoms with Crippen molar-refractivity contribution in [1.29, 1.82) is 0 Å². The Bertz CT molecular complexity index is 151. The van der Waals surface area contributed by atoms with Gasteiger partial charge in [0.1, 0.15) is 6.10 Å². The molecule has 1 atom stereocenters. The van der Waals surface area contributed by atoms with Crippen LogP contribution in [0.2, 0.25) is 0 Å². The Morgan fingerprint density at radius 1 is 1.46 bits per heavy atom. The predicted octanol–water partition coefficient (Wildman–Crippen LogP) is 2.52. The van der Waals surface area contributed by atoms with Crippen molar-refractivity contribution in [3.63, 3.8) is 0 Å². The van der Waals surface area contributed by atoms with E-state index in [1.165, 1.54) is 0 Å². The number of primary amides is 1. The quantitative estimate of drug-likeness (QED) is 0.681. The van der Waals surface area contributed by atoms with Gasteiger partial charge in [-0.15, -0.1) is 11.6 Å². The maximum atomic E-state index is 10.4. The fraction of sp³-hybridized carbons (Fsp3) is 0.889. The van der Waals surface area contributed by atoms with Crippen LogP contribution in [0.1, 0.15) is 33.1 Å². The summed E-state index contributed by atoms with van der Waals surface area (Å²) in [5.74, 6) is 0.991. The van der Waals surface area contributed by atoms with Gasteiger partial charge < -0.3 is 10.5 Å². The minimum Gasteiger partial charge on any atom is -0.445 e. The molecule has 78 valence electrons. The van der Waals surface area contributed by atoms with Crippen LogP contribution in [0, 0.1) is 5.92 Å². The first-order valence-corrected chi connectivity index (χ1v) is 5.11. The van der Waals surface area contributed by atoms with E-state index < -0.39 is 6.09 Å². The molecule has 0 aromatic rings. The average Bonchev–Trinajstić information content (AvgIpc) is 2.01. The first kappa shape index (κ1) is 12.6. The van der Waals surface area contributed by atoms with Gasteiger partial charge in [0.25, 0.3) is 0 Å². The van der Waals surface area contributed by atoms with Crippen LogP contribution in [-0.4, -0.2) is 18.1 Å². The van der Waals surface area contributed by atoms with Gasteiger partial charge in [0.05, 0.1) is 5.88 Å². The van der Waals surface area contributed by atoms with Crippen LogP contribution >= 0.6 is 11.6 Å². The lowest BCUT2D eigenvalue weighted by molar-refractivity contribution is 0.111. The minimum absolute atomic E-state index is 0.224. The van der Waals surface area contributed by atoms with E-state index >= 15 is 0 Å². The van der Waals surface area contributed by atoms with E-state index in [4.69, 9.17) is 22.1 Å². The number of alkyl halides is 1. The van der Waals surface area contributed by atoms with Crippen LogP contribution in [0.3, 0.4) is 0 Å². The van der Waals surface area contributed by atoms with E-state index in [0.29, 0.717) is 11.8 Å². The molecule has 0 aromatic carbocycles. The van der Waals surface area contributed by atoms with E-state index in [1.54, 1.807) is 0 Å². The molecule has 0 aromatic heterocycles. The Morgan fingerprint density at radius 2 is 2.08 bits per heavy atom. The van der Waals surface area contributed by atoms with Crippen LogP contribution in [0.15, 0.2) is 0 Å². The summed E-state index contributed by atoms with van der Waals surface area (Å²) in [6.07, 6.45) is 1.97. The molecule has 1 amide bonds. The highest BCUT2D eigenvalue weighted by molar-refractivity contribution is 6.18. The second-order valence-corrected chi connectivity index (χ2v) is 3.85. The fourth-order valence-corrected chi connectivity index (χ4v) is 1.30. The molecule has 0 radical (unpaired) electrons. The van der Waals surface area contributed by atoms with Gasteiger partial charge in [0.2, 0.25) is 0 Å². The third-order valence-electron chi connectivity index (χ3n) is 1.76. The third-order valence-corrected chi connectivity index (χ3v) is 2.11. The summed E-state index contributed by atoms with van der Waals surface area (Å²) in [6.45, 7) is 4.31. The van der Waals surface area contributed by atoms with Gasteiger partial charge in [-0.1, -0.05) is 20.3 Å². The summed E-state index contributed by atoms with van der Waals surface area (Å²) in [7, 11) is 0. The molecule has 0 saturated carbocycles. The molecular weight excluding hydrogens is 190 g/mol. The number of carbonyl (C=O) groups is 1. The van der Waals surface area contributed by atoms with Gasteiger partial charge in [0, 0.05) is 0 Å². The smallest absolute Gasteiger partial charge is 0.404 e. The monoisotopic (exact) mass is 207 g/mol. The van der Waals surface area contributed by atoms with Gasteiger partial charge in [-0.05, 0) is 18.8 Å². The maximum Gasteiger partial charge on any atom is 0.404 e. The molecule has 0 fully saturated rings. The second-order valence-electron chi connectivity index (χ2n) is 3.54. The molecule has 13 heavy (non-hydrogen) atoms. The molecule has 0 spiro atoms. The Morgan fingerprint density at radius 3 is 2.46 bits per heavy atom. The molecule has 0 rings (SSSR count). The largest absolute Gasteiger partial charge is 0.445 e. The molecule has 0 aliphatic heterocycles. The first-order valence-electron chi connectivity index (χ1n) is 4.58. The van der Waals surface area contributed by atoms with Crippen molar-refractivity contribution in [3.05, 3.63) is 0 Å². The third kappa shape index (κ3) is 7.91. The Hall–Kier alpha value is -0.440. The van der Waals surface area contributed by atoms with Crippen molar-refractivity contribution in [1.82, 2.24) is 0 Å². The fourth-order valence-electron chi connectivity index (χ4n) is 1.09. The highest BCUT2D eigenvalue weighted by Crippen LogP contribution is 2.11. The second kappa shape index (κ2) is 7.01. The van der Waals surface area contributed by atoms with E-state index in [-0.39, 0.29) is 6.10 Å². The zero-order valence-corrected chi connectivity index (χ0v) is 9.01. The van der Waals surface area contributed by atoms with E-state index in [9.17, 15) is 4.79 Å². The molecule has 0 aliphatic carbocycles. The standard InChI is InChI=1S/C9H18ClNO2/c1-7(2)4-3-5-8(6-10)13-9(11)12/h7-8H,3-6H2,1-2H3,(H2,11,12). The SMILES string of the molecule is CC(C)CCCC(CCl)OC(N)=O. The number of rotatable bonds is 6. The summed E-state index contributed by atoms with van der Waals surface area (Å²) in [4.78, 5) is 10.4. The molecule has 4 heteroatoms. The lowest BCUT2D eigenvalue weighted by atomic mass is 10.0. The lowest BCUT2D eigenvalue weighted by Gasteiger charge is -2.13. The van der Waals surface area contributed by atoms with E-state index in [2.05, 4.69) is 13.8 Å². The summed E-state index contributed by atoms with van der Waals surface area (Å²) in [5.41, 5.74) is 4.88. The van der Waals surface area contributed by atoms with Crippen molar-refractivity contribution < 1.29 is 9.53 Å². The maximum absolute atomic E-state index is 10.4. The first-order chi connectivity index (χ1) is 6.06.